The lowest BCUT2D eigenvalue weighted by Crippen LogP contribution is -2.57. The second kappa shape index (κ2) is 9.93. The molecule has 0 aliphatic carbocycles. The summed E-state index contributed by atoms with van der Waals surface area (Å²) in [5.41, 5.74) is 11.5. The average Bonchev–Trinajstić information content (AvgIpc) is 2.84. The standard InChI is InChI=1S/C23H21F4N5O3/c24-15-7-5-14(6-8-15)20-16-4-2-1-3-13(16)9-10-32(20)21(33)19-11-17(30-31-28)18(12-35-19)29-22(34)23(25,26)27/h1-8,17-20H,9-12H2,(H,29,34)/t17-,18-,19+,20-/m0/s1. The number of ether oxygens (including phenoxy) is 1. The Kier molecular flexibility index (Phi) is 6.95. The monoisotopic (exact) mass is 491 g/mol. The summed E-state index contributed by atoms with van der Waals surface area (Å²) in [5, 5.41) is 5.28. The Morgan fingerprint density at radius 2 is 1.86 bits per heavy atom. The van der Waals surface area contributed by atoms with E-state index in [0.29, 0.717) is 18.5 Å². The van der Waals surface area contributed by atoms with Crippen LogP contribution in [0.5, 0.6) is 0 Å². The van der Waals surface area contributed by atoms with Gasteiger partial charge >= 0.3 is 12.1 Å². The summed E-state index contributed by atoms with van der Waals surface area (Å²) in [6, 6.07) is 10.5. The molecule has 0 saturated carbocycles. The Balaban J connectivity index is 1.58. The lowest BCUT2D eigenvalue weighted by Gasteiger charge is -2.41. The molecule has 4 atom stereocenters. The number of alkyl halides is 3. The van der Waals surface area contributed by atoms with Gasteiger partial charge in [-0.3, -0.25) is 9.59 Å². The highest BCUT2D eigenvalue weighted by molar-refractivity contribution is 5.83. The minimum absolute atomic E-state index is 0.208. The Bertz CT molecular complexity index is 1150. The van der Waals surface area contributed by atoms with Gasteiger partial charge in [0.1, 0.15) is 11.9 Å². The molecular weight excluding hydrogens is 470 g/mol. The Morgan fingerprint density at radius 1 is 1.14 bits per heavy atom. The number of fused-ring (bicyclic) bond motifs is 1. The zero-order valence-corrected chi connectivity index (χ0v) is 18.3. The van der Waals surface area contributed by atoms with Crippen molar-refractivity contribution < 1.29 is 31.9 Å². The number of carbonyl (C=O) groups excluding carboxylic acids is 2. The lowest BCUT2D eigenvalue weighted by atomic mass is 9.87. The van der Waals surface area contributed by atoms with E-state index in [1.54, 1.807) is 22.3 Å². The number of carbonyl (C=O) groups is 2. The fourth-order valence-electron chi connectivity index (χ4n) is 4.53. The molecule has 4 rings (SSSR count). The number of amides is 2. The fraction of sp³-hybridized carbons (Fsp3) is 0.391. The third-order valence-electron chi connectivity index (χ3n) is 6.20. The number of benzene rings is 2. The Hall–Kier alpha value is -3.63. The number of nitrogens with one attached hydrogen (secondary N) is 1. The first-order valence-electron chi connectivity index (χ1n) is 10.9. The van der Waals surface area contributed by atoms with Gasteiger partial charge in [-0.15, -0.1) is 0 Å². The van der Waals surface area contributed by atoms with Crippen LogP contribution in [-0.2, 0) is 20.7 Å². The van der Waals surface area contributed by atoms with E-state index in [9.17, 15) is 27.2 Å². The van der Waals surface area contributed by atoms with Crippen LogP contribution in [0.3, 0.4) is 0 Å². The third-order valence-corrected chi connectivity index (χ3v) is 6.20. The molecule has 1 saturated heterocycles. The number of halogens is 4. The molecule has 0 spiro atoms. The number of hydrogen-bond acceptors (Lipinski definition) is 4. The average molecular weight is 491 g/mol. The summed E-state index contributed by atoms with van der Waals surface area (Å²) in [5.74, 6) is -3.04. The molecular formula is C23H21F4N5O3. The predicted molar refractivity (Wildman–Crippen MR) is 115 cm³/mol. The SMILES string of the molecule is [N-]=[N+]=N[C@H]1C[C@H](C(=O)N2CCc3ccccc3[C@@H]2c2ccc(F)cc2)OC[C@@H]1NC(=O)C(F)(F)F. The Labute approximate surface area is 197 Å². The van der Waals surface area contributed by atoms with E-state index >= 15 is 0 Å². The summed E-state index contributed by atoms with van der Waals surface area (Å²) >= 11 is 0. The predicted octanol–water partition coefficient (Wildman–Crippen LogP) is 3.81. The van der Waals surface area contributed by atoms with E-state index in [4.69, 9.17) is 10.3 Å². The summed E-state index contributed by atoms with van der Waals surface area (Å²) in [4.78, 5) is 29.2. The van der Waals surface area contributed by atoms with E-state index in [0.717, 1.165) is 11.1 Å². The number of rotatable bonds is 4. The maximum atomic E-state index is 13.6. The van der Waals surface area contributed by atoms with Gasteiger partial charge in [-0.25, -0.2) is 4.39 Å². The van der Waals surface area contributed by atoms with Gasteiger partial charge in [0.05, 0.1) is 24.7 Å². The molecule has 2 aromatic carbocycles. The number of nitrogens with zero attached hydrogens (tertiary/aromatic N) is 4. The van der Waals surface area contributed by atoms with Gasteiger partial charge in [0.25, 0.3) is 5.91 Å². The molecule has 0 aromatic heterocycles. The molecule has 184 valence electrons. The highest BCUT2D eigenvalue weighted by Gasteiger charge is 2.44. The maximum Gasteiger partial charge on any atom is 0.471 e. The molecule has 1 N–H and O–H groups in total. The van der Waals surface area contributed by atoms with Crippen LogP contribution >= 0.6 is 0 Å². The van der Waals surface area contributed by atoms with E-state index in [1.165, 1.54) is 12.1 Å². The third kappa shape index (κ3) is 5.23. The van der Waals surface area contributed by atoms with Crippen molar-refractivity contribution in [3.63, 3.8) is 0 Å². The van der Waals surface area contributed by atoms with Gasteiger partial charge in [0.15, 0.2) is 0 Å². The summed E-state index contributed by atoms with van der Waals surface area (Å²) in [7, 11) is 0. The summed E-state index contributed by atoms with van der Waals surface area (Å²) < 4.78 is 57.2. The van der Waals surface area contributed by atoms with Crippen molar-refractivity contribution in [3.8, 4) is 0 Å². The molecule has 2 amide bonds. The van der Waals surface area contributed by atoms with Crippen LogP contribution in [0, 0.1) is 5.82 Å². The van der Waals surface area contributed by atoms with Gasteiger partial charge in [-0.05, 0) is 47.2 Å². The smallest absolute Gasteiger partial charge is 0.366 e. The van der Waals surface area contributed by atoms with E-state index < -0.39 is 54.6 Å². The van der Waals surface area contributed by atoms with Gasteiger partial charge in [-0.1, -0.05) is 41.5 Å². The molecule has 2 aromatic rings. The Morgan fingerprint density at radius 3 is 2.54 bits per heavy atom. The van der Waals surface area contributed by atoms with E-state index in [1.807, 2.05) is 24.3 Å². The zero-order valence-electron chi connectivity index (χ0n) is 18.3. The van der Waals surface area contributed by atoms with Crippen molar-refractivity contribution in [3.05, 3.63) is 81.5 Å². The molecule has 8 nitrogen and oxygen atoms in total. The van der Waals surface area contributed by atoms with E-state index in [2.05, 4.69) is 10.0 Å². The van der Waals surface area contributed by atoms with Gasteiger partial charge in [-0.2, -0.15) is 13.2 Å². The first-order chi connectivity index (χ1) is 16.7. The molecule has 1 fully saturated rings. The molecule has 35 heavy (non-hydrogen) atoms. The molecule has 2 heterocycles. The van der Waals surface area contributed by atoms with Crippen LogP contribution in [0.15, 0.2) is 53.6 Å². The molecule has 0 radical (unpaired) electrons. The minimum Gasteiger partial charge on any atom is -0.366 e. The zero-order chi connectivity index (χ0) is 25.2. The van der Waals surface area contributed by atoms with Crippen molar-refractivity contribution in [1.29, 1.82) is 0 Å². The molecule has 12 heteroatoms. The van der Waals surface area contributed by atoms with Gasteiger partial charge in [0.2, 0.25) is 0 Å². The first-order valence-corrected chi connectivity index (χ1v) is 10.9. The summed E-state index contributed by atoms with van der Waals surface area (Å²) in [6.45, 7) is -0.105. The van der Waals surface area contributed by atoms with Crippen LogP contribution in [0.4, 0.5) is 17.6 Å². The second-order valence-corrected chi connectivity index (χ2v) is 8.34. The van der Waals surface area contributed by atoms with Crippen molar-refractivity contribution in [2.45, 2.75) is 43.2 Å². The van der Waals surface area contributed by atoms with Crippen LogP contribution in [0.1, 0.15) is 29.2 Å². The largest absolute Gasteiger partial charge is 0.471 e. The topological polar surface area (TPSA) is 107 Å². The molecule has 2 aliphatic heterocycles. The van der Waals surface area contributed by atoms with Crippen molar-refractivity contribution >= 4 is 11.8 Å². The fourth-order valence-corrected chi connectivity index (χ4v) is 4.53. The van der Waals surface area contributed by atoms with Crippen molar-refractivity contribution in [2.24, 2.45) is 5.11 Å². The molecule has 0 unspecified atom stereocenters. The van der Waals surface area contributed by atoms with Crippen LogP contribution < -0.4 is 5.32 Å². The lowest BCUT2D eigenvalue weighted by molar-refractivity contribution is -0.176. The highest BCUT2D eigenvalue weighted by atomic mass is 19.4. The van der Waals surface area contributed by atoms with Crippen LogP contribution in [0.2, 0.25) is 0 Å². The van der Waals surface area contributed by atoms with Gasteiger partial charge in [0, 0.05) is 11.5 Å². The van der Waals surface area contributed by atoms with E-state index in [-0.39, 0.29) is 6.42 Å². The van der Waals surface area contributed by atoms with Gasteiger partial charge < -0.3 is 15.0 Å². The van der Waals surface area contributed by atoms with Crippen LogP contribution in [0.25, 0.3) is 10.4 Å². The van der Waals surface area contributed by atoms with Crippen molar-refractivity contribution in [1.82, 2.24) is 10.2 Å². The number of hydrogen-bond donors (Lipinski definition) is 1. The van der Waals surface area contributed by atoms with Crippen LogP contribution in [-0.4, -0.2) is 54.2 Å². The first kappa shape index (κ1) is 24.5. The van der Waals surface area contributed by atoms with Crippen molar-refractivity contribution in [2.75, 3.05) is 13.2 Å². The second-order valence-electron chi connectivity index (χ2n) is 8.34. The maximum absolute atomic E-state index is 13.6. The molecule has 2 aliphatic rings. The summed E-state index contributed by atoms with van der Waals surface area (Å²) in [6.07, 6.45) is -5.86. The minimum atomic E-state index is -5.11. The quantitative estimate of drug-likeness (QED) is 0.304. The molecule has 0 bridgehead atoms. The highest BCUT2D eigenvalue weighted by Crippen LogP contribution is 2.36. The number of azide groups is 1. The normalized spacial score (nSPS) is 24.2.